The van der Waals surface area contributed by atoms with Gasteiger partial charge in [0.05, 0.1) is 24.4 Å². The summed E-state index contributed by atoms with van der Waals surface area (Å²) in [5.41, 5.74) is 1.69. The molecule has 0 unspecified atom stereocenters. The lowest BCUT2D eigenvalue weighted by Crippen LogP contribution is -2.13. The van der Waals surface area contributed by atoms with Gasteiger partial charge in [-0.15, -0.1) is 10.2 Å². The van der Waals surface area contributed by atoms with Crippen molar-refractivity contribution >= 4 is 17.5 Å². The second-order valence-electron chi connectivity index (χ2n) is 4.83. The van der Waals surface area contributed by atoms with Crippen molar-refractivity contribution in [1.82, 2.24) is 39.1 Å². The van der Waals surface area contributed by atoms with Gasteiger partial charge in [0.15, 0.2) is 11.3 Å². The Labute approximate surface area is 129 Å². The molecule has 0 radical (unpaired) electrons. The first kappa shape index (κ1) is 13.1. The molecule has 0 fully saturated rings. The summed E-state index contributed by atoms with van der Waals surface area (Å²) in [6, 6.07) is 3.69. The molecular weight excluding hydrogens is 298 g/mol. The molecule has 4 aromatic rings. The number of aryl methyl sites for hydroxylation is 1. The number of rotatable bonds is 3. The molecular formula is C13H11N9O. The van der Waals surface area contributed by atoms with E-state index in [9.17, 15) is 4.79 Å². The van der Waals surface area contributed by atoms with Gasteiger partial charge in [0.1, 0.15) is 0 Å². The highest BCUT2D eigenvalue weighted by Gasteiger charge is 2.13. The Bertz CT molecular complexity index is 982. The molecule has 4 heterocycles. The van der Waals surface area contributed by atoms with Crippen LogP contribution in [0.1, 0.15) is 10.5 Å². The predicted molar refractivity (Wildman–Crippen MR) is 79.1 cm³/mol. The van der Waals surface area contributed by atoms with Gasteiger partial charge in [-0.05, 0) is 12.1 Å². The van der Waals surface area contributed by atoms with Gasteiger partial charge in [-0.25, -0.2) is 9.50 Å². The summed E-state index contributed by atoms with van der Waals surface area (Å²) in [6.45, 7) is 0. The smallest absolute Gasteiger partial charge is 0.280 e. The first-order chi connectivity index (χ1) is 11.2. The Morgan fingerprint density at radius 1 is 1.26 bits per heavy atom. The van der Waals surface area contributed by atoms with Crippen molar-refractivity contribution < 1.29 is 4.79 Å². The van der Waals surface area contributed by atoms with E-state index in [0.29, 0.717) is 5.65 Å². The summed E-state index contributed by atoms with van der Waals surface area (Å²) >= 11 is 0. The molecule has 0 aromatic carbocycles. The number of nitrogens with one attached hydrogen (secondary N) is 1. The number of hydrogen-bond acceptors (Lipinski definition) is 6. The van der Waals surface area contributed by atoms with E-state index in [-0.39, 0.29) is 11.6 Å². The summed E-state index contributed by atoms with van der Waals surface area (Å²) in [5, 5.41) is 14.3. The van der Waals surface area contributed by atoms with Gasteiger partial charge in [-0.2, -0.15) is 4.98 Å². The summed E-state index contributed by atoms with van der Waals surface area (Å²) in [4.78, 5) is 20.3. The number of hydrogen-bond donors (Lipinski definition) is 1. The van der Waals surface area contributed by atoms with Gasteiger partial charge in [-0.3, -0.25) is 14.8 Å². The maximum atomic E-state index is 12.0. The number of pyridine rings is 1. The standard InChI is InChI=1S/C13H11N9O/c1-20-7-10(17-19-20)12(23)16-13-15-11-3-2-9(6-22(11)18-13)21-5-4-14-8-21/h2-8H,1H3,(H,16,18,23). The van der Waals surface area contributed by atoms with Crippen molar-refractivity contribution in [3.8, 4) is 5.69 Å². The van der Waals surface area contributed by atoms with Crippen LogP contribution in [0.4, 0.5) is 5.95 Å². The Hall–Kier alpha value is -3.56. The lowest BCUT2D eigenvalue weighted by atomic mass is 10.4. The van der Waals surface area contributed by atoms with Crippen LogP contribution in [-0.2, 0) is 7.05 Å². The second-order valence-corrected chi connectivity index (χ2v) is 4.83. The Kier molecular flexibility index (Phi) is 2.86. The quantitative estimate of drug-likeness (QED) is 0.583. The molecule has 0 saturated carbocycles. The first-order valence-electron chi connectivity index (χ1n) is 6.71. The lowest BCUT2D eigenvalue weighted by Gasteiger charge is -2.00. The van der Waals surface area contributed by atoms with Gasteiger partial charge in [0.2, 0.25) is 5.95 Å². The average Bonchev–Trinajstić information content (AvgIpc) is 3.26. The van der Waals surface area contributed by atoms with E-state index < -0.39 is 5.91 Å². The minimum absolute atomic E-state index is 0.198. The fourth-order valence-corrected chi connectivity index (χ4v) is 2.11. The fraction of sp³-hybridized carbons (Fsp3) is 0.0769. The normalized spacial score (nSPS) is 11.0. The highest BCUT2D eigenvalue weighted by molar-refractivity contribution is 6.01. The molecule has 0 aliphatic rings. The van der Waals surface area contributed by atoms with Crippen LogP contribution in [-0.4, -0.2) is 45.1 Å². The van der Waals surface area contributed by atoms with Gasteiger partial charge < -0.3 is 4.57 Å². The summed E-state index contributed by atoms with van der Waals surface area (Å²) in [7, 11) is 1.69. The summed E-state index contributed by atoms with van der Waals surface area (Å²) in [5.74, 6) is -0.215. The third-order valence-corrected chi connectivity index (χ3v) is 3.18. The molecule has 10 heteroatoms. The molecule has 23 heavy (non-hydrogen) atoms. The zero-order valence-electron chi connectivity index (χ0n) is 12.0. The van der Waals surface area contributed by atoms with E-state index in [4.69, 9.17) is 0 Å². The van der Waals surface area contributed by atoms with E-state index in [1.54, 1.807) is 36.4 Å². The summed E-state index contributed by atoms with van der Waals surface area (Å²) in [6.07, 6.45) is 8.52. The maximum Gasteiger partial charge on any atom is 0.280 e. The van der Waals surface area contributed by atoms with Crippen LogP contribution < -0.4 is 5.32 Å². The van der Waals surface area contributed by atoms with Crippen LogP contribution in [0.5, 0.6) is 0 Å². The number of imidazole rings is 1. The molecule has 114 valence electrons. The number of aromatic nitrogens is 8. The Morgan fingerprint density at radius 2 is 2.17 bits per heavy atom. The van der Waals surface area contributed by atoms with E-state index in [1.165, 1.54) is 10.9 Å². The van der Waals surface area contributed by atoms with Crippen LogP contribution >= 0.6 is 0 Å². The maximum absolute atomic E-state index is 12.0. The number of carbonyl (C=O) groups is 1. The number of carbonyl (C=O) groups excluding carboxylic acids is 1. The molecule has 0 spiro atoms. The SMILES string of the molecule is Cn1cc(C(=O)Nc2nc3ccc(-n4ccnc4)cn3n2)nn1. The highest BCUT2D eigenvalue weighted by Crippen LogP contribution is 2.11. The largest absolute Gasteiger partial charge is 0.305 e. The van der Waals surface area contributed by atoms with Gasteiger partial charge >= 0.3 is 0 Å². The molecule has 10 nitrogen and oxygen atoms in total. The molecule has 4 aromatic heterocycles. The van der Waals surface area contributed by atoms with E-state index in [1.807, 2.05) is 16.8 Å². The Balaban J connectivity index is 1.62. The Morgan fingerprint density at radius 3 is 2.91 bits per heavy atom. The third-order valence-electron chi connectivity index (χ3n) is 3.18. The monoisotopic (exact) mass is 309 g/mol. The zero-order valence-corrected chi connectivity index (χ0v) is 12.0. The second kappa shape index (κ2) is 5.02. The third kappa shape index (κ3) is 2.41. The van der Waals surface area contributed by atoms with Crippen molar-refractivity contribution in [3.05, 3.63) is 48.9 Å². The molecule has 4 rings (SSSR count). The van der Waals surface area contributed by atoms with Crippen LogP contribution in [0.25, 0.3) is 11.3 Å². The van der Waals surface area contributed by atoms with Gasteiger partial charge in [0.25, 0.3) is 5.91 Å². The van der Waals surface area contributed by atoms with Gasteiger partial charge in [0, 0.05) is 19.4 Å². The van der Waals surface area contributed by atoms with Crippen molar-refractivity contribution in [3.63, 3.8) is 0 Å². The fourth-order valence-electron chi connectivity index (χ4n) is 2.11. The van der Waals surface area contributed by atoms with Crippen LogP contribution in [0.15, 0.2) is 43.2 Å². The number of anilines is 1. The molecule has 1 N–H and O–H groups in total. The van der Waals surface area contributed by atoms with E-state index >= 15 is 0 Å². The number of amides is 1. The molecule has 0 atom stereocenters. The molecule has 0 bridgehead atoms. The van der Waals surface area contributed by atoms with E-state index in [0.717, 1.165) is 5.69 Å². The predicted octanol–water partition coefficient (Wildman–Crippen LogP) is 0.296. The molecule has 1 amide bonds. The van der Waals surface area contributed by atoms with Crippen LogP contribution in [0.2, 0.25) is 0 Å². The van der Waals surface area contributed by atoms with Crippen molar-refractivity contribution in [2.24, 2.45) is 7.05 Å². The molecule has 0 aliphatic heterocycles. The minimum Gasteiger partial charge on any atom is -0.305 e. The highest BCUT2D eigenvalue weighted by atomic mass is 16.2. The van der Waals surface area contributed by atoms with Crippen molar-refractivity contribution in [2.45, 2.75) is 0 Å². The minimum atomic E-state index is -0.413. The van der Waals surface area contributed by atoms with Gasteiger partial charge in [-0.1, -0.05) is 5.21 Å². The topological polar surface area (TPSA) is 108 Å². The number of nitrogens with zero attached hydrogens (tertiary/aromatic N) is 8. The molecule has 0 aliphatic carbocycles. The van der Waals surface area contributed by atoms with Crippen molar-refractivity contribution in [2.75, 3.05) is 5.32 Å². The number of fused-ring (bicyclic) bond motifs is 1. The first-order valence-corrected chi connectivity index (χ1v) is 6.71. The van der Waals surface area contributed by atoms with Crippen LogP contribution in [0, 0.1) is 0 Å². The van der Waals surface area contributed by atoms with E-state index in [2.05, 4.69) is 30.7 Å². The summed E-state index contributed by atoms with van der Waals surface area (Å²) < 4.78 is 4.88. The van der Waals surface area contributed by atoms with Crippen LogP contribution in [0.3, 0.4) is 0 Å². The lowest BCUT2D eigenvalue weighted by molar-refractivity contribution is 0.102. The zero-order chi connectivity index (χ0) is 15.8. The average molecular weight is 309 g/mol. The molecule has 0 saturated heterocycles. The van der Waals surface area contributed by atoms with Crippen molar-refractivity contribution in [1.29, 1.82) is 0 Å².